The molecule has 3 N–H and O–H groups in total. The Hall–Kier alpha value is -4.63. The van der Waals surface area contributed by atoms with E-state index < -0.39 is 42.0 Å². The van der Waals surface area contributed by atoms with Crippen LogP contribution in [0, 0.1) is 5.92 Å². The van der Waals surface area contributed by atoms with E-state index in [0.717, 1.165) is 0 Å². The van der Waals surface area contributed by atoms with Crippen molar-refractivity contribution in [2.75, 3.05) is 11.1 Å². The molecular weight excluding hydrogens is 565 g/mol. The zero-order valence-electron chi connectivity index (χ0n) is 21.9. The number of aryl methyl sites for hydroxylation is 2. The van der Waals surface area contributed by atoms with Crippen LogP contribution in [0.15, 0.2) is 30.6 Å². The minimum absolute atomic E-state index is 0.00965. The average Bonchev–Trinajstić information content (AvgIpc) is 3.64. The molecule has 0 saturated heterocycles. The topological polar surface area (TPSA) is 154 Å². The molecule has 6 rings (SSSR count). The fraction of sp³-hybridized carbons (Fsp3) is 0.385. The van der Waals surface area contributed by atoms with Crippen LogP contribution in [0.3, 0.4) is 0 Å². The first-order chi connectivity index (χ1) is 19.8. The molecule has 1 atom stereocenters. The second-order valence-electron chi connectivity index (χ2n) is 10.3. The van der Waals surface area contributed by atoms with Crippen LogP contribution in [-0.2, 0) is 34.9 Å². The number of nitrogens with one attached hydrogen (secondary N) is 1. The molecule has 0 aromatic carbocycles. The lowest BCUT2D eigenvalue weighted by atomic mass is 9.72. The summed E-state index contributed by atoms with van der Waals surface area (Å²) >= 11 is 0. The monoisotopic (exact) mass is 587 g/mol. The number of aromatic nitrogens is 7. The second kappa shape index (κ2) is 9.46. The molecule has 42 heavy (non-hydrogen) atoms. The van der Waals surface area contributed by atoms with Gasteiger partial charge in [-0.05, 0) is 30.9 Å². The summed E-state index contributed by atoms with van der Waals surface area (Å²) in [5.41, 5.74) is 5.48. The molecule has 218 valence electrons. The number of hydrogen-bond donors (Lipinski definition) is 2. The van der Waals surface area contributed by atoms with Gasteiger partial charge >= 0.3 is 12.1 Å². The van der Waals surface area contributed by atoms with Crippen molar-refractivity contribution in [3.05, 3.63) is 47.7 Å². The number of carbonyl (C=O) groups excluding carboxylic acids is 2. The van der Waals surface area contributed by atoms with Crippen LogP contribution in [0.5, 0.6) is 0 Å². The summed E-state index contributed by atoms with van der Waals surface area (Å²) in [4.78, 5) is 48.6. The highest BCUT2D eigenvalue weighted by molar-refractivity contribution is 6.22. The van der Waals surface area contributed by atoms with Gasteiger partial charge < -0.3 is 11.1 Å². The summed E-state index contributed by atoms with van der Waals surface area (Å²) in [5.74, 6) is -6.94. The van der Waals surface area contributed by atoms with Crippen molar-refractivity contribution >= 4 is 34.4 Å². The standard InChI is InChI=1S/C26H22F5N9O2/c1-40-22-14(11-34-40)18(35-16(36-22)7-8-24(27,28)26(29,30)31)21-37-19(32)17-20(38-21)39-23(42)25(17,12-5-6-12)15(41)10-13-4-2-3-9-33-13/h2-4,9,11-12H,5-8,10H2,1H3,(H3,32,37,38,39,42). The number of rotatable bonds is 8. The maximum absolute atomic E-state index is 13.8. The number of nitrogen functional groups attached to an aromatic ring is 1. The number of nitrogens with zero attached hydrogens (tertiary/aromatic N) is 7. The van der Waals surface area contributed by atoms with E-state index >= 15 is 0 Å². The number of anilines is 2. The van der Waals surface area contributed by atoms with Crippen molar-refractivity contribution < 1.29 is 31.5 Å². The summed E-state index contributed by atoms with van der Waals surface area (Å²) in [5, 5.41) is 7.00. The highest BCUT2D eigenvalue weighted by atomic mass is 19.4. The number of amides is 1. The van der Waals surface area contributed by atoms with Crippen LogP contribution in [0.25, 0.3) is 22.6 Å². The van der Waals surface area contributed by atoms with E-state index in [1.807, 2.05) is 0 Å². The van der Waals surface area contributed by atoms with Gasteiger partial charge in [-0.25, -0.2) is 19.9 Å². The van der Waals surface area contributed by atoms with E-state index in [2.05, 4.69) is 35.3 Å². The highest BCUT2D eigenvalue weighted by Gasteiger charge is 2.62. The Kier molecular flexibility index (Phi) is 6.20. The largest absolute Gasteiger partial charge is 0.453 e. The number of hydrogen-bond acceptors (Lipinski definition) is 9. The Morgan fingerprint density at radius 2 is 1.90 bits per heavy atom. The van der Waals surface area contributed by atoms with Gasteiger partial charge in [0.05, 0.1) is 23.6 Å². The first-order valence-corrected chi connectivity index (χ1v) is 12.9. The zero-order valence-corrected chi connectivity index (χ0v) is 21.9. The zero-order chi connectivity index (χ0) is 30.0. The van der Waals surface area contributed by atoms with E-state index in [9.17, 15) is 31.5 Å². The van der Waals surface area contributed by atoms with Crippen LogP contribution in [-0.4, -0.2) is 58.5 Å². The van der Waals surface area contributed by atoms with E-state index in [0.29, 0.717) is 18.5 Å². The third-order valence-corrected chi connectivity index (χ3v) is 7.55. The first kappa shape index (κ1) is 27.5. The molecular formula is C26H22F5N9O2. The van der Waals surface area contributed by atoms with Crippen molar-refractivity contribution in [2.24, 2.45) is 13.0 Å². The number of carbonyl (C=O) groups is 2. The second-order valence-corrected chi connectivity index (χ2v) is 10.3. The Labute approximate surface area is 233 Å². The van der Waals surface area contributed by atoms with Gasteiger partial charge in [0.15, 0.2) is 17.3 Å². The molecule has 1 saturated carbocycles. The van der Waals surface area contributed by atoms with E-state index in [1.54, 1.807) is 18.2 Å². The Morgan fingerprint density at radius 1 is 1.14 bits per heavy atom. The first-order valence-electron chi connectivity index (χ1n) is 12.9. The number of pyridine rings is 1. The van der Waals surface area contributed by atoms with Crippen molar-refractivity contribution in [1.29, 1.82) is 0 Å². The number of alkyl halides is 5. The van der Waals surface area contributed by atoms with E-state index in [4.69, 9.17) is 5.73 Å². The number of ketones is 1. The Morgan fingerprint density at radius 3 is 2.57 bits per heavy atom. The molecule has 0 bridgehead atoms. The lowest BCUT2D eigenvalue weighted by molar-refractivity contribution is -0.284. The van der Waals surface area contributed by atoms with Gasteiger partial charge in [0, 0.05) is 31.8 Å². The fourth-order valence-corrected chi connectivity index (χ4v) is 5.35. The molecule has 11 nitrogen and oxygen atoms in total. The smallest absolute Gasteiger partial charge is 0.383 e. The van der Waals surface area contributed by atoms with Gasteiger partial charge in [-0.1, -0.05) is 6.07 Å². The van der Waals surface area contributed by atoms with Gasteiger partial charge in [-0.2, -0.15) is 27.1 Å². The molecule has 4 aromatic rings. The van der Waals surface area contributed by atoms with E-state index in [1.165, 1.54) is 24.1 Å². The van der Waals surface area contributed by atoms with Crippen LogP contribution >= 0.6 is 0 Å². The third-order valence-electron chi connectivity index (χ3n) is 7.55. The lowest BCUT2D eigenvalue weighted by Gasteiger charge is -2.26. The molecule has 4 aromatic heterocycles. The minimum atomic E-state index is -5.73. The average molecular weight is 588 g/mol. The van der Waals surface area contributed by atoms with Crippen LogP contribution < -0.4 is 11.1 Å². The highest BCUT2D eigenvalue weighted by Crippen LogP contribution is 2.55. The quantitative estimate of drug-likeness (QED) is 0.233. The molecule has 1 fully saturated rings. The van der Waals surface area contributed by atoms with Crippen LogP contribution in [0.4, 0.5) is 33.6 Å². The molecule has 0 spiro atoms. The van der Waals surface area contributed by atoms with E-state index in [-0.39, 0.29) is 57.9 Å². The van der Waals surface area contributed by atoms with Gasteiger partial charge in [0.2, 0.25) is 5.91 Å². The molecule has 5 heterocycles. The van der Waals surface area contributed by atoms with Crippen LogP contribution in [0.2, 0.25) is 0 Å². The number of fused-ring (bicyclic) bond motifs is 2. The minimum Gasteiger partial charge on any atom is -0.383 e. The van der Waals surface area contributed by atoms with Crippen LogP contribution in [0.1, 0.15) is 36.3 Å². The van der Waals surface area contributed by atoms with Gasteiger partial charge in [-0.3, -0.25) is 19.3 Å². The molecule has 0 radical (unpaired) electrons. The van der Waals surface area contributed by atoms with Crippen molar-refractivity contribution in [3.8, 4) is 11.5 Å². The molecule has 16 heteroatoms. The molecule has 1 amide bonds. The summed E-state index contributed by atoms with van der Waals surface area (Å²) in [6.07, 6.45) is -4.14. The Bertz CT molecular complexity index is 1740. The SMILES string of the molecule is Cn1ncc2c(-c3nc(N)c4c(n3)NC(=O)C4(C(=O)Cc3ccccn3)C3CC3)nc(CCC(F)(F)C(F)(F)F)nc21. The fourth-order valence-electron chi connectivity index (χ4n) is 5.35. The summed E-state index contributed by atoms with van der Waals surface area (Å²) in [6.45, 7) is 0. The van der Waals surface area contributed by atoms with Gasteiger partial charge in [0.1, 0.15) is 28.6 Å². The van der Waals surface area contributed by atoms with Crippen molar-refractivity contribution in [2.45, 2.75) is 49.6 Å². The normalized spacial score (nSPS) is 18.8. The third kappa shape index (κ3) is 4.32. The maximum Gasteiger partial charge on any atom is 0.453 e. The Balaban J connectivity index is 1.43. The molecule has 1 aliphatic carbocycles. The number of Topliss-reactive ketones (excluding diaryl/α,β-unsaturated/α-hetero) is 1. The summed E-state index contributed by atoms with van der Waals surface area (Å²) < 4.78 is 66.8. The maximum atomic E-state index is 13.8. The van der Waals surface area contributed by atoms with Crippen molar-refractivity contribution in [1.82, 2.24) is 34.7 Å². The lowest BCUT2D eigenvalue weighted by Crippen LogP contribution is -2.46. The molecule has 2 aliphatic rings. The number of nitrogens with two attached hydrogens (primary N) is 1. The summed E-state index contributed by atoms with van der Waals surface area (Å²) in [7, 11) is 1.50. The summed E-state index contributed by atoms with van der Waals surface area (Å²) in [6, 6.07) is 5.10. The predicted octanol–water partition coefficient (Wildman–Crippen LogP) is 3.34. The van der Waals surface area contributed by atoms with Gasteiger partial charge in [-0.15, -0.1) is 0 Å². The predicted molar refractivity (Wildman–Crippen MR) is 137 cm³/mol. The van der Waals surface area contributed by atoms with Crippen molar-refractivity contribution in [3.63, 3.8) is 0 Å². The molecule has 1 aliphatic heterocycles. The van der Waals surface area contributed by atoms with Gasteiger partial charge in [0.25, 0.3) is 0 Å². The molecule has 1 unspecified atom stereocenters. The number of halogens is 5.